The Hall–Kier alpha value is -4.68. The van der Waals surface area contributed by atoms with Crippen molar-refractivity contribution in [3.63, 3.8) is 0 Å². The molecule has 38 heavy (non-hydrogen) atoms. The van der Waals surface area contributed by atoms with Crippen LogP contribution in [0.1, 0.15) is 18.9 Å². The highest BCUT2D eigenvalue weighted by Crippen LogP contribution is 2.44. The Labute approximate surface area is 224 Å². The lowest BCUT2D eigenvalue weighted by atomic mass is 9.85. The van der Waals surface area contributed by atoms with Crippen LogP contribution in [0.3, 0.4) is 0 Å². The number of hydrogen-bond donors (Lipinski definition) is 0. The molecule has 0 aliphatic carbocycles. The summed E-state index contributed by atoms with van der Waals surface area (Å²) < 4.78 is 0. The molecule has 0 aliphatic heterocycles. The van der Waals surface area contributed by atoms with Gasteiger partial charge in [0.2, 0.25) is 0 Å². The minimum Gasteiger partial charge on any atom is -0.0985 e. The van der Waals surface area contributed by atoms with Gasteiger partial charge in [0.05, 0.1) is 0 Å². The summed E-state index contributed by atoms with van der Waals surface area (Å²) in [5, 5.41) is 7.64. The summed E-state index contributed by atoms with van der Waals surface area (Å²) in [5.74, 6) is 0. The van der Waals surface area contributed by atoms with Gasteiger partial charge in [0.15, 0.2) is 0 Å². The van der Waals surface area contributed by atoms with Gasteiger partial charge in [-0.2, -0.15) is 0 Å². The molecule has 0 N–H and O–H groups in total. The number of benzene rings is 6. The fourth-order valence-corrected chi connectivity index (χ4v) is 5.50. The van der Waals surface area contributed by atoms with Crippen LogP contribution in [0, 0.1) is 0 Å². The van der Waals surface area contributed by atoms with Gasteiger partial charge in [0.25, 0.3) is 0 Å². The molecule has 0 amide bonds. The molecule has 6 aromatic carbocycles. The molecule has 0 spiro atoms. The summed E-state index contributed by atoms with van der Waals surface area (Å²) in [4.78, 5) is 0. The Morgan fingerprint density at radius 1 is 0.605 bits per heavy atom. The minimum absolute atomic E-state index is 1.000. The molecule has 0 aromatic heterocycles. The maximum absolute atomic E-state index is 3.93. The summed E-state index contributed by atoms with van der Waals surface area (Å²) in [6, 6.07) is 42.0. The van der Waals surface area contributed by atoms with Gasteiger partial charge in [-0.25, -0.2) is 0 Å². The first kappa shape index (κ1) is 23.7. The normalized spacial score (nSPS) is 12.1. The standard InChI is InChI=1S/C38H30/c1-3-11-27(4-2)18-19-28-20-22-30(23-21-28)37-33-14-7-9-16-35(33)38(36-17-10-8-15-34(36)37)32-25-24-29-12-5-6-13-31(29)26-32/h4-26H,2-3H2,1H3. The molecule has 0 nitrogen and oxygen atoms in total. The van der Waals surface area contributed by atoms with E-state index in [1.807, 2.05) is 6.08 Å². The quantitative estimate of drug-likeness (QED) is 0.162. The minimum atomic E-state index is 1.000. The fraction of sp³-hybridized carbons (Fsp3) is 0.0526. The second kappa shape index (κ2) is 10.4. The van der Waals surface area contributed by atoms with Crippen LogP contribution >= 0.6 is 0 Å². The van der Waals surface area contributed by atoms with E-state index in [0.717, 1.165) is 12.0 Å². The van der Waals surface area contributed by atoms with Crippen molar-refractivity contribution in [2.45, 2.75) is 13.3 Å². The topological polar surface area (TPSA) is 0 Å². The van der Waals surface area contributed by atoms with Crippen molar-refractivity contribution in [3.8, 4) is 22.3 Å². The highest BCUT2D eigenvalue weighted by atomic mass is 14.2. The van der Waals surface area contributed by atoms with E-state index in [9.17, 15) is 0 Å². The summed E-state index contributed by atoms with van der Waals surface area (Å²) in [5.41, 5.74) is 7.39. The maximum Gasteiger partial charge on any atom is -0.00262 e. The summed E-state index contributed by atoms with van der Waals surface area (Å²) >= 11 is 0. The second-order valence-electron chi connectivity index (χ2n) is 9.67. The summed E-state index contributed by atoms with van der Waals surface area (Å²) in [7, 11) is 0. The lowest BCUT2D eigenvalue weighted by Gasteiger charge is -2.18. The van der Waals surface area contributed by atoms with E-state index in [1.165, 1.54) is 60.1 Å². The molecule has 0 saturated heterocycles. The molecule has 0 aliphatic rings. The van der Waals surface area contributed by atoms with Gasteiger partial charge in [0.1, 0.15) is 0 Å². The van der Waals surface area contributed by atoms with Crippen molar-refractivity contribution < 1.29 is 0 Å². The highest BCUT2D eigenvalue weighted by Gasteiger charge is 2.16. The number of hydrogen-bond acceptors (Lipinski definition) is 0. The van der Waals surface area contributed by atoms with Crippen LogP contribution in [-0.4, -0.2) is 0 Å². The zero-order valence-corrected chi connectivity index (χ0v) is 21.7. The average molecular weight is 487 g/mol. The molecule has 0 bridgehead atoms. The zero-order valence-electron chi connectivity index (χ0n) is 21.7. The Balaban J connectivity index is 1.55. The molecule has 6 aromatic rings. The third kappa shape index (κ3) is 4.35. The van der Waals surface area contributed by atoms with Crippen LogP contribution in [0.5, 0.6) is 0 Å². The Bertz CT molecular complexity index is 1790. The Kier molecular flexibility index (Phi) is 6.46. The van der Waals surface area contributed by atoms with Gasteiger partial charge in [0, 0.05) is 0 Å². The van der Waals surface area contributed by atoms with Gasteiger partial charge in [-0.3, -0.25) is 0 Å². The smallest absolute Gasteiger partial charge is 0.00262 e. The third-order valence-corrected chi connectivity index (χ3v) is 7.31. The van der Waals surface area contributed by atoms with Crippen molar-refractivity contribution in [3.05, 3.63) is 151 Å². The molecule has 182 valence electrons. The van der Waals surface area contributed by atoms with Crippen LogP contribution in [0.25, 0.3) is 60.6 Å². The largest absolute Gasteiger partial charge is 0.0985 e. The van der Waals surface area contributed by atoms with Crippen molar-refractivity contribution in [2.75, 3.05) is 0 Å². The lowest BCUT2D eigenvalue weighted by molar-refractivity contribution is 1.21. The van der Waals surface area contributed by atoms with Gasteiger partial charge in [-0.1, -0.05) is 147 Å². The van der Waals surface area contributed by atoms with Gasteiger partial charge in [-0.15, -0.1) is 0 Å². The number of rotatable bonds is 6. The predicted molar refractivity (Wildman–Crippen MR) is 167 cm³/mol. The van der Waals surface area contributed by atoms with E-state index in [4.69, 9.17) is 0 Å². The maximum atomic E-state index is 3.93. The fourth-order valence-electron chi connectivity index (χ4n) is 5.50. The predicted octanol–water partition coefficient (Wildman–Crippen LogP) is 11.0. The first-order chi connectivity index (χ1) is 18.8. The summed E-state index contributed by atoms with van der Waals surface area (Å²) in [6.07, 6.45) is 9.39. The molecule has 0 atom stereocenters. The van der Waals surface area contributed by atoms with E-state index in [0.29, 0.717) is 0 Å². The first-order valence-electron chi connectivity index (χ1n) is 13.3. The molecule has 0 heterocycles. The second-order valence-corrected chi connectivity index (χ2v) is 9.67. The third-order valence-electron chi connectivity index (χ3n) is 7.31. The van der Waals surface area contributed by atoms with Gasteiger partial charge < -0.3 is 0 Å². The highest BCUT2D eigenvalue weighted by molar-refractivity contribution is 6.21. The molecule has 0 saturated carbocycles. The van der Waals surface area contributed by atoms with E-state index in [1.54, 1.807) is 0 Å². The van der Waals surface area contributed by atoms with Crippen molar-refractivity contribution in [1.29, 1.82) is 0 Å². The van der Waals surface area contributed by atoms with Gasteiger partial charge >= 0.3 is 0 Å². The van der Waals surface area contributed by atoms with E-state index in [2.05, 4.69) is 147 Å². The lowest BCUT2D eigenvalue weighted by Crippen LogP contribution is -1.91. The van der Waals surface area contributed by atoms with Crippen molar-refractivity contribution in [2.24, 2.45) is 0 Å². The SMILES string of the molecule is C=CC(C=Cc1ccc(-c2c3ccccc3c(-c3ccc4ccccc4c3)c3ccccc23)cc1)=CCC. The van der Waals surface area contributed by atoms with Crippen LogP contribution in [0.15, 0.2) is 146 Å². The van der Waals surface area contributed by atoms with Crippen LogP contribution in [-0.2, 0) is 0 Å². The molecule has 0 fully saturated rings. The van der Waals surface area contributed by atoms with Crippen LogP contribution in [0.4, 0.5) is 0 Å². The summed E-state index contributed by atoms with van der Waals surface area (Å²) in [6.45, 7) is 6.07. The molecule has 6 rings (SSSR count). The van der Waals surface area contributed by atoms with E-state index < -0.39 is 0 Å². The molecular formula is C38H30. The van der Waals surface area contributed by atoms with Crippen molar-refractivity contribution in [1.82, 2.24) is 0 Å². The molecule has 0 radical (unpaired) electrons. The van der Waals surface area contributed by atoms with Crippen LogP contribution in [0.2, 0.25) is 0 Å². The average Bonchev–Trinajstić information content (AvgIpc) is 2.98. The number of allylic oxidation sites excluding steroid dienone is 4. The van der Waals surface area contributed by atoms with Gasteiger partial charge in [-0.05, 0) is 78.2 Å². The Morgan fingerprint density at radius 2 is 1.13 bits per heavy atom. The molecule has 0 unspecified atom stereocenters. The van der Waals surface area contributed by atoms with Crippen molar-refractivity contribution >= 4 is 38.4 Å². The number of fused-ring (bicyclic) bond motifs is 3. The monoisotopic (exact) mass is 486 g/mol. The first-order valence-corrected chi connectivity index (χ1v) is 13.3. The van der Waals surface area contributed by atoms with E-state index >= 15 is 0 Å². The Morgan fingerprint density at radius 3 is 1.71 bits per heavy atom. The van der Waals surface area contributed by atoms with Crippen LogP contribution < -0.4 is 0 Å². The molecular weight excluding hydrogens is 456 g/mol. The zero-order chi connectivity index (χ0) is 25.9. The molecule has 0 heteroatoms. The van der Waals surface area contributed by atoms with E-state index in [-0.39, 0.29) is 0 Å².